The monoisotopic (exact) mass is 246 g/mol. The molecule has 5 heteroatoms. The molecule has 72 valence electrons. The summed E-state index contributed by atoms with van der Waals surface area (Å²) in [5.41, 5.74) is 0. The van der Waals surface area contributed by atoms with Crippen molar-refractivity contribution in [2.45, 2.75) is 25.1 Å². The van der Waals surface area contributed by atoms with Gasteiger partial charge in [0.1, 0.15) is 5.76 Å². The van der Waals surface area contributed by atoms with Crippen LogP contribution in [0, 0.1) is 6.92 Å². The zero-order valence-corrected chi connectivity index (χ0v) is 9.31. The molecule has 0 aliphatic heterocycles. The molecule has 0 bridgehead atoms. The second-order valence-corrected chi connectivity index (χ2v) is 5.23. The van der Waals surface area contributed by atoms with Crippen LogP contribution in [0.1, 0.15) is 19.6 Å². The predicted octanol–water partition coefficient (Wildman–Crippen LogP) is 2.10. The van der Waals surface area contributed by atoms with E-state index in [1.807, 2.05) is 0 Å². The highest BCUT2D eigenvalue weighted by molar-refractivity contribution is 9.10. The SMILES string of the molecule is Cc1cc(NC(=O)C(C)(C)Br)no1. The Morgan fingerprint density at radius 3 is 2.69 bits per heavy atom. The molecule has 1 aromatic heterocycles. The average molecular weight is 247 g/mol. The van der Waals surface area contributed by atoms with Crippen molar-refractivity contribution in [3.8, 4) is 0 Å². The molecule has 1 amide bonds. The van der Waals surface area contributed by atoms with E-state index in [9.17, 15) is 4.79 Å². The maximum Gasteiger partial charge on any atom is 0.241 e. The van der Waals surface area contributed by atoms with Gasteiger partial charge in [0, 0.05) is 6.07 Å². The molecule has 0 saturated heterocycles. The fourth-order valence-corrected chi connectivity index (χ4v) is 0.789. The minimum atomic E-state index is -0.597. The summed E-state index contributed by atoms with van der Waals surface area (Å²) in [7, 11) is 0. The van der Waals surface area contributed by atoms with Gasteiger partial charge in [-0.25, -0.2) is 0 Å². The van der Waals surface area contributed by atoms with Gasteiger partial charge in [-0.1, -0.05) is 21.1 Å². The first-order valence-electron chi connectivity index (χ1n) is 3.83. The highest BCUT2D eigenvalue weighted by atomic mass is 79.9. The lowest BCUT2D eigenvalue weighted by Crippen LogP contribution is -2.31. The van der Waals surface area contributed by atoms with Gasteiger partial charge in [0.2, 0.25) is 5.91 Å². The number of nitrogens with one attached hydrogen (secondary N) is 1. The number of amides is 1. The Labute approximate surface area is 84.8 Å². The minimum absolute atomic E-state index is 0.152. The fraction of sp³-hybridized carbons (Fsp3) is 0.500. The first kappa shape index (κ1) is 10.2. The summed E-state index contributed by atoms with van der Waals surface area (Å²) in [6.45, 7) is 5.28. The van der Waals surface area contributed by atoms with Crippen LogP contribution in [0.5, 0.6) is 0 Å². The van der Waals surface area contributed by atoms with Crippen LogP contribution in [0.15, 0.2) is 10.6 Å². The van der Waals surface area contributed by atoms with Crippen molar-refractivity contribution in [1.29, 1.82) is 0 Å². The van der Waals surface area contributed by atoms with E-state index >= 15 is 0 Å². The first-order valence-corrected chi connectivity index (χ1v) is 4.62. The highest BCUT2D eigenvalue weighted by Gasteiger charge is 2.24. The molecule has 0 fully saturated rings. The van der Waals surface area contributed by atoms with Crippen molar-refractivity contribution in [2.24, 2.45) is 0 Å². The Bertz CT molecular complexity index is 314. The maximum absolute atomic E-state index is 11.4. The van der Waals surface area contributed by atoms with Crippen LogP contribution in [0.25, 0.3) is 0 Å². The Hall–Kier alpha value is -0.840. The van der Waals surface area contributed by atoms with E-state index in [0.717, 1.165) is 0 Å². The number of halogens is 1. The lowest BCUT2D eigenvalue weighted by Gasteiger charge is -2.13. The molecule has 1 heterocycles. The van der Waals surface area contributed by atoms with E-state index < -0.39 is 4.32 Å². The van der Waals surface area contributed by atoms with Gasteiger partial charge in [-0.2, -0.15) is 0 Å². The van der Waals surface area contributed by atoms with Crippen LogP contribution < -0.4 is 5.32 Å². The molecule has 1 rings (SSSR count). The summed E-state index contributed by atoms with van der Waals surface area (Å²) in [5, 5.41) is 6.25. The standard InChI is InChI=1S/C8H11BrN2O2/c1-5-4-6(11-13-5)10-7(12)8(2,3)9/h4H,1-3H3,(H,10,11,12). The molecule has 0 saturated carbocycles. The second kappa shape index (κ2) is 3.49. The molecule has 0 atom stereocenters. The van der Waals surface area contributed by atoms with Gasteiger partial charge in [-0.15, -0.1) is 0 Å². The highest BCUT2D eigenvalue weighted by Crippen LogP contribution is 2.18. The van der Waals surface area contributed by atoms with Crippen molar-refractivity contribution >= 4 is 27.7 Å². The summed E-state index contributed by atoms with van der Waals surface area (Å²) in [6.07, 6.45) is 0. The molecule has 1 N–H and O–H groups in total. The molecular weight excluding hydrogens is 236 g/mol. The number of anilines is 1. The number of aromatic nitrogens is 1. The predicted molar refractivity (Wildman–Crippen MR) is 52.9 cm³/mol. The summed E-state index contributed by atoms with van der Waals surface area (Å²) >= 11 is 3.24. The van der Waals surface area contributed by atoms with Crippen LogP contribution in [0.3, 0.4) is 0 Å². The Balaban J connectivity index is 2.65. The van der Waals surface area contributed by atoms with E-state index in [2.05, 4.69) is 26.4 Å². The molecule has 0 unspecified atom stereocenters. The molecule has 1 aromatic rings. The number of hydrogen-bond donors (Lipinski definition) is 1. The van der Waals surface area contributed by atoms with Gasteiger partial charge in [0.05, 0.1) is 4.32 Å². The molecule has 0 spiro atoms. The lowest BCUT2D eigenvalue weighted by atomic mass is 10.2. The number of carbonyl (C=O) groups excluding carboxylic acids is 1. The van der Waals surface area contributed by atoms with Crippen molar-refractivity contribution < 1.29 is 9.32 Å². The maximum atomic E-state index is 11.4. The van der Waals surface area contributed by atoms with Gasteiger partial charge < -0.3 is 9.84 Å². The fourth-order valence-electron chi connectivity index (χ4n) is 0.690. The smallest absolute Gasteiger partial charge is 0.241 e. The third kappa shape index (κ3) is 2.84. The van der Waals surface area contributed by atoms with Crippen molar-refractivity contribution in [1.82, 2.24) is 5.16 Å². The number of alkyl halides is 1. The van der Waals surface area contributed by atoms with Crippen LogP contribution in [-0.2, 0) is 4.79 Å². The summed E-state index contributed by atoms with van der Waals surface area (Å²) in [4.78, 5) is 11.4. The van der Waals surface area contributed by atoms with Gasteiger partial charge in [0.15, 0.2) is 5.82 Å². The summed E-state index contributed by atoms with van der Waals surface area (Å²) in [5.74, 6) is 0.957. The van der Waals surface area contributed by atoms with E-state index in [1.165, 1.54) is 0 Å². The largest absolute Gasteiger partial charge is 0.360 e. The van der Waals surface area contributed by atoms with Gasteiger partial charge >= 0.3 is 0 Å². The zero-order valence-electron chi connectivity index (χ0n) is 7.72. The Morgan fingerprint density at radius 1 is 1.69 bits per heavy atom. The normalized spacial score (nSPS) is 11.4. The molecule has 0 aliphatic rings. The summed E-state index contributed by atoms with van der Waals surface area (Å²) in [6, 6.07) is 1.66. The van der Waals surface area contributed by atoms with E-state index in [4.69, 9.17) is 4.52 Å². The summed E-state index contributed by atoms with van der Waals surface area (Å²) < 4.78 is 4.20. The van der Waals surface area contributed by atoms with Gasteiger partial charge in [-0.3, -0.25) is 4.79 Å². The average Bonchev–Trinajstić information content (AvgIpc) is 2.33. The zero-order chi connectivity index (χ0) is 10.1. The van der Waals surface area contributed by atoms with Gasteiger partial charge in [-0.05, 0) is 20.8 Å². The van der Waals surface area contributed by atoms with Crippen LogP contribution >= 0.6 is 15.9 Å². The second-order valence-electron chi connectivity index (χ2n) is 3.25. The first-order chi connectivity index (χ1) is 5.89. The molecule has 13 heavy (non-hydrogen) atoms. The molecule has 4 nitrogen and oxygen atoms in total. The minimum Gasteiger partial charge on any atom is -0.360 e. The molecular formula is C8H11BrN2O2. The quantitative estimate of drug-likeness (QED) is 0.814. The molecule has 0 aliphatic carbocycles. The number of aryl methyl sites for hydroxylation is 1. The number of hydrogen-bond acceptors (Lipinski definition) is 3. The van der Waals surface area contributed by atoms with E-state index in [0.29, 0.717) is 11.6 Å². The number of carbonyl (C=O) groups is 1. The van der Waals surface area contributed by atoms with Crippen molar-refractivity contribution in [2.75, 3.05) is 5.32 Å². The third-order valence-corrected chi connectivity index (χ3v) is 1.77. The number of nitrogens with zero attached hydrogens (tertiary/aromatic N) is 1. The van der Waals surface area contributed by atoms with Crippen molar-refractivity contribution in [3.63, 3.8) is 0 Å². The lowest BCUT2D eigenvalue weighted by molar-refractivity contribution is -0.117. The topological polar surface area (TPSA) is 55.1 Å². The van der Waals surface area contributed by atoms with Crippen LogP contribution in [0.2, 0.25) is 0 Å². The van der Waals surface area contributed by atoms with Crippen LogP contribution in [0.4, 0.5) is 5.82 Å². The van der Waals surface area contributed by atoms with E-state index in [1.54, 1.807) is 26.8 Å². The van der Waals surface area contributed by atoms with E-state index in [-0.39, 0.29) is 5.91 Å². The molecule has 0 aromatic carbocycles. The third-order valence-electron chi connectivity index (χ3n) is 1.41. The number of rotatable bonds is 2. The Morgan fingerprint density at radius 2 is 2.31 bits per heavy atom. The molecule has 0 radical (unpaired) electrons. The Kier molecular flexibility index (Phi) is 2.75. The van der Waals surface area contributed by atoms with Crippen molar-refractivity contribution in [3.05, 3.63) is 11.8 Å². The van der Waals surface area contributed by atoms with Crippen LogP contribution in [-0.4, -0.2) is 15.4 Å². The van der Waals surface area contributed by atoms with Gasteiger partial charge in [0.25, 0.3) is 0 Å².